The van der Waals surface area contributed by atoms with Gasteiger partial charge < -0.3 is 9.80 Å². The Morgan fingerprint density at radius 3 is 2.60 bits per heavy atom. The van der Waals surface area contributed by atoms with Crippen molar-refractivity contribution in [1.29, 1.82) is 0 Å². The number of carbonyl (C=O) groups is 1. The third kappa shape index (κ3) is 3.51. The highest BCUT2D eigenvalue weighted by atomic mass is 35.5. The number of hydrogen-bond acceptors (Lipinski definition) is 5. The quantitative estimate of drug-likeness (QED) is 0.777. The summed E-state index contributed by atoms with van der Waals surface area (Å²) in [6.07, 6.45) is -3.81. The summed E-state index contributed by atoms with van der Waals surface area (Å²) in [7, 11) is 0. The summed E-state index contributed by atoms with van der Waals surface area (Å²) in [6.45, 7) is 1.94. The monoisotopic (exact) mass is 328 g/mol. The number of hydrogen-bond donors (Lipinski definition) is 0. The molecule has 0 spiro atoms. The molecule has 0 aromatic carbocycles. The van der Waals surface area contributed by atoms with Gasteiger partial charge in [0.25, 0.3) is 0 Å². The highest BCUT2D eigenvalue weighted by molar-refractivity contribution is 7.15. The molecule has 0 radical (unpaired) electrons. The molecule has 1 saturated heterocycles. The average Bonchev–Trinajstić information content (AvgIpc) is 2.77. The van der Waals surface area contributed by atoms with Gasteiger partial charge in [-0.15, -0.1) is 21.8 Å². The van der Waals surface area contributed by atoms with Crippen LogP contribution in [0.4, 0.5) is 18.3 Å². The van der Waals surface area contributed by atoms with Crippen LogP contribution in [0.15, 0.2) is 0 Å². The van der Waals surface area contributed by atoms with Crippen LogP contribution in [-0.4, -0.2) is 53.1 Å². The van der Waals surface area contributed by atoms with Gasteiger partial charge in [0.05, 0.1) is 0 Å². The third-order valence-electron chi connectivity index (χ3n) is 2.89. The van der Waals surface area contributed by atoms with E-state index < -0.39 is 11.2 Å². The predicted octanol–water partition coefficient (Wildman–Crippen LogP) is 1.83. The Morgan fingerprint density at radius 1 is 1.25 bits per heavy atom. The molecule has 0 saturated carbocycles. The minimum absolute atomic E-state index is 0.0863. The van der Waals surface area contributed by atoms with Crippen LogP contribution in [0.25, 0.3) is 0 Å². The smallest absolute Gasteiger partial charge is 0.345 e. The lowest BCUT2D eigenvalue weighted by atomic mass is 10.4. The van der Waals surface area contributed by atoms with Gasteiger partial charge in [-0.05, 0) is 6.42 Å². The number of halogens is 4. The molecule has 0 N–H and O–H groups in total. The van der Waals surface area contributed by atoms with E-state index in [9.17, 15) is 18.0 Å². The molecule has 1 fully saturated rings. The molecule has 0 aliphatic carbocycles. The Kier molecular flexibility index (Phi) is 4.69. The lowest BCUT2D eigenvalue weighted by Crippen LogP contribution is -2.35. The van der Waals surface area contributed by atoms with Crippen LogP contribution in [0.1, 0.15) is 11.4 Å². The summed E-state index contributed by atoms with van der Waals surface area (Å²) in [6, 6.07) is 0. The first-order valence-electron chi connectivity index (χ1n) is 5.91. The first kappa shape index (κ1) is 15.3. The minimum atomic E-state index is -4.47. The van der Waals surface area contributed by atoms with Gasteiger partial charge in [0.1, 0.15) is 5.88 Å². The standard InChI is InChI=1S/C10H12ClF3N4OS/c11-6-7(19)17-2-1-3-18(5-4-17)9-16-15-8(20-9)10(12,13)14/h1-6H2. The van der Waals surface area contributed by atoms with Crippen molar-refractivity contribution in [2.24, 2.45) is 0 Å². The maximum Gasteiger partial charge on any atom is 0.445 e. The zero-order valence-electron chi connectivity index (χ0n) is 10.4. The number of amides is 1. The molecule has 112 valence electrons. The number of anilines is 1. The summed E-state index contributed by atoms with van der Waals surface area (Å²) in [5.41, 5.74) is 0. The van der Waals surface area contributed by atoms with Crippen molar-refractivity contribution in [2.75, 3.05) is 37.0 Å². The summed E-state index contributed by atoms with van der Waals surface area (Å²) >= 11 is 6.02. The van der Waals surface area contributed by atoms with Crippen molar-refractivity contribution < 1.29 is 18.0 Å². The van der Waals surface area contributed by atoms with E-state index in [1.807, 2.05) is 0 Å². The van der Waals surface area contributed by atoms with Crippen LogP contribution in [0.3, 0.4) is 0 Å². The lowest BCUT2D eigenvalue weighted by molar-refractivity contribution is -0.138. The van der Waals surface area contributed by atoms with E-state index >= 15 is 0 Å². The van der Waals surface area contributed by atoms with E-state index in [1.165, 1.54) is 0 Å². The summed E-state index contributed by atoms with van der Waals surface area (Å²) in [5, 5.41) is 6.03. The van der Waals surface area contributed by atoms with Crippen molar-refractivity contribution in [3.63, 3.8) is 0 Å². The Labute approximate surface area is 122 Å². The maximum absolute atomic E-state index is 12.5. The lowest BCUT2D eigenvalue weighted by Gasteiger charge is -2.20. The molecule has 1 aromatic rings. The topological polar surface area (TPSA) is 49.3 Å². The van der Waals surface area contributed by atoms with Crippen molar-refractivity contribution in [3.8, 4) is 0 Å². The van der Waals surface area contributed by atoms with E-state index in [4.69, 9.17) is 11.6 Å². The molecule has 1 aliphatic rings. The van der Waals surface area contributed by atoms with E-state index in [1.54, 1.807) is 9.80 Å². The summed E-state index contributed by atoms with van der Waals surface area (Å²) in [5.74, 6) is -0.251. The second-order valence-corrected chi connectivity index (χ2v) is 5.47. The first-order chi connectivity index (χ1) is 9.41. The van der Waals surface area contributed by atoms with E-state index in [-0.39, 0.29) is 16.9 Å². The minimum Gasteiger partial charge on any atom is -0.345 e. The van der Waals surface area contributed by atoms with Crippen LogP contribution < -0.4 is 4.90 Å². The normalized spacial score (nSPS) is 17.2. The number of aromatic nitrogens is 2. The molecule has 0 bridgehead atoms. The van der Waals surface area contributed by atoms with Gasteiger partial charge in [-0.2, -0.15) is 13.2 Å². The molecule has 1 amide bonds. The molecule has 0 atom stereocenters. The molecule has 10 heteroatoms. The highest BCUT2D eigenvalue weighted by Gasteiger charge is 2.36. The fourth-order valence-electron chi connectivity index (χ4n) is 1.90. The van der Waals surface area contributed by atoms with E-state index in [2.05, 4.69) is 10.2 Å². The molecule has 2 rings (SSSR count). The Bertz CT molecular complexity index is 481. The second kappa shape index (κ2) is 6.13. The maximum atomic E-state index is 12.5. The van der Waals surface area contributed by atoms with Crippen LogP contribution in [-0.2, 0) is 11.0 Å². The van der Waals surface area contributed by atoms with Crippen LogP contribution in [0.2, 0.25) is 0 Å². The SMILES string of the molecule is O=C(CCl)N1CCCN(c2nnc(C(F)(F)F)s2)CC1. The van der Waals surface area contributed by atoms with Gasteiger partial charge in [-0.3, -0.25) is 4.79 Å². The van der Waals surface area contributed by atoms with Gasteiger partial charge in [-0.25, -0.2) is 0 Å². The molecular formula is C10H12ClF3N4OS. The Balaban J connectivity index is 2.03. The van der Waals surface area contributed by atoms with Crippen molar-refractivity contribution in [2.45, 2.75) is 12.6 Å². The second-order valence-electron chi connectivity index (χ2n) is 4.24. The molecule has 0 unspecified atom stereocenters. The first-order valence-corrected chi connectivity index (χ1v) is 7.26. The largest absolute Gasteiger partial charge is 0.445 e. The summed E-state index contributed by atoms with van der Waals surface area (Å²) < 4.78 is 37.5. The van der Waals surface area contributed by atoms with Gasteiger partial charge in [0.15, 0.2) is 0 Å². The summed E-state index contributed by atoms with van der Waals surface area (Å²) in [4.78, 5) is 14.8. The number of rotatable bonds is 2. The average molecular weight is 329 g/mol. The van der Waals surface area contributed by atoms with E-state index in [0.717, 1.165) is 0 Å². The van der Waals surface area contributed by atoms with Crippen LogP contribution in [0, 0.1) is 0 Å². The Morgan fingerprint density at radius 2 is 2.00 bits per heavy atom. The van der Waals surface area contributed by atoms with E-state index in [0.29, 0.717) is 43.9 Å². The zero-order valence-corrected chi connectivity index (χ0v) is 11.9. The number of nitrogens with zero attached hydrogens (tertiary/aromatic N) is 4. The molecular weight excluding hydrogens is 317 g/mol. The number of alkyl halides is 4. The fourth-order valence-corrected chi connectivity index (χ4v) is 2.83. The predicted molar refractivity (Wildman–Crippen MR) is 69.0 cm³/mol. The van der Waals surface area contributed by atoms with Crippen molar-refractivity contribution >= 4 is 34.0 Å². The van der Waals surface area contributed by atoms with Crippen molar-refractivity contribution in [3.05, 3.63) is 5.01 Å². The zero-order chi connectivity index (χ0) is 14.8. The molecule has 20 heavy (non-hydrogen) atoms. The van der Waals surface area contributed by atoms with Gasteiger partial charge >= 0.3 is 6.18 Å². The van der Waals surface area contributed by atoms with Crippen LogP contribution in [0.5, 0.6) is 0 Å². The van der Waals surface area contributed by atoms with Crippen molar-refractivity contribution in [1.82, 2.24) is 15.1 Å². The number of carbonyl (C=O) groups excluding carboxylic acids is 1. The van der Waals surface area contributed by atoms with Gasteiger partial charge in [0.2, 0.25) is 16.0 Å². The highest BCUT2D eigenvalue weighted by Crippen LogP contribution is 2.34. The molecule has 1 aliphatic heterocycles. The Hall–Kier alpha value is -1.09. The molecule has 2 heterocycles. The van der Waals surface area contributed by atoms with Gasteiger partial charge in [-0.1, -0.05) is 11.3 Å². The van der Waals surface area contributed by atoms with Crippen LogP contribution >= 0.6 is 22.9 Å². The van der Waals surface area contributed by atoms with Gasteiger partial charge in [0, 0.05) is 26.2 Å². The fraction of sp³-hybridized carbons (Fsp3) is 0.700. The molecule has 5 nitrogen and oxygen atoms in total. The molecule has 1 aromatic heterocycles. The third-order valence-corrected chi connectivity index (χ3v) is 4.15.